The Balaban J connectivity index is 1.82. The SMILES string of the molecule is IC1CC[C@@H](C2CCC2)C1. The molecule has 2 saturated carbocycles. The normalized spacial score (nSPS) is 41.7. The number of hydrogen-bond donors (Lipinski definition) is 0. The van der Waals surface area contributed by atoms with E-state index in [0.29, 0.717) is 0 Å². The lowest BCUT2D eigenvalue weighted by molar-refractivity contribution is 0.210. The van der Waals surface area contributed by atoms with Crippen LogP contribution in [-0.2, 0) is 0 Å². The lowest BCUT2D eigenvalue weighted by Crippen LogP contribution is -2.19. The monoisotopic (exact) mass is 250 g/mol. The van der Waals surface area contributed by atoms with Crippen LogP contribution in [0.5, 0.6) is 0 Å². The number of halogens is 1. The molecule has 1 heteroatoms. The van der Waals surface area contributed by atoms with Crippen LogP contribution in [-0.4, -0.2) is 3.92 Å². The average molecular weight is 250 g/mol. The maximum absolute atomic E-state index is 2.62. The van der Waals surface area contributed by atoms with Gasteiger partial charge >= 0.3 is 0 Å². The minimum atomic E-state index is 1.02. The summed E-state index contributed by atoms with van der Waals surface area (Å²) in [6, 6.07) is 0. The summed E-state index contributed by atoms with van der Waals surface area (Å²) in [7, 11) is 0. The van der Waals surface area contributed by atoms with E-state index < -0.39 is 0 Å². The predicted molar refractivity (Wildman–Crippen MR) is 52.5 cm³/mol. The smallest absolute Gasteiger partial charge is 0.0112 e. The molecule has 1 unspecified atom stereocenters. The minimum Gasteiger partial charge on any atom is -0.0826 e. The van der Waals surface area contributed by atoms with Crippen molar-refractivity contribution in [3.8, 4) is 0 Å². The van der Waals surface area contributed by atoms with Gasteiger partial charge in [-0.3, -0.25) is 0 Å². The Hall–Kier alpha value is 0.730. The van der Waals surface area contributed by atoms with E-state index in [1.165, 1.54) is 25.7 Å². The quantitative estimate of drug-likeness (QED) is 0.494. The van der Waals surface area contributed by atoms with Crippen LogP contribution < -0.4 is 0 Å². The Morgan fingerprint density at radius 1 is 0.900 bits per heavy atom. The first kappa shape index (κ1) is 7.38. The molecule has 2 fully saturated rings. The van der Waals surface area contributed by atoms with E-state index in [4.69, 9.17) is 0 Å². The summed E-state index contributed by atoms with van der Waals surface area (Å²) in [6.45, 7) is 0. The lowest BCUT2D eigenvalue weighted by Gasteiger charge is -2.31. The molecule has 2 rings (SSSR count). The summed E-state index contributed by atoms with van der Waals surface area (Å²) in [6.07, 6.45) is 9.19. The van der Waals surface area contributed by atoms with Gasteiger partial charge in [0, 0.05) is 3.92 Å². The zero-order valence-electron chi connectivity index (χ0n) is 6.35. The summed E-state index contributed by atoms with van der Waals surface area (Å²) in [5, 5.41) is 0. The summed E-state index contributed by atoms with van der Waals surface area (Å²) in [5.74, 6) is 2.29. The molecule has 0 radical (unpaired) electrons. The largest absolute Gasteiger partial charge is 0.0826 e. The topological polar surface area (TPSA) is 0 Å². The Bertz CT molecular complexity index is 118. The molecule has 0 spiro atoms. The van der Waals surface area contributed by atoms with E-state index in [2.05, 4.69) is 22.6 Å². The molecule has 0 nitrogen and oxygen atoms in total. The highest BCUT2D eigenvalue weighted by atomic mass is 127. The fraction of sp³-hybridized carbons (Fsp3) is 1.00. The summed E-state index contributed by atoms with van der Waals surface area (Å²) in [5.41, 5.74) is 0. The van der Waals surface area contributed by atoms with Crippen molar-refractivity contribution >= 4 is 22.6 Å². The molecule has 0 aliphatic heterocycles. The van der Waals surface area contributed by atoms with Crippen LogP contribution >= 0.6 is 22.6 Å². The molecule has 58 valence electrons. The average Bonchev–Trinajstić information content (AvgIpc) is 2.10. The molecule has 0 saturated heterocycles. The van der Waals surface area contributed by atoms with E-state index in [-0.39, 0.29) is 0 Å². The Morgan fingerprint density at radius 2 is 1.70 bits per heavy atom. The van der Waals surface area contributed by atoms with Crippen molar-refractivity contribution < 1.29 is 0 Å². The molecule has 0 amide bonds. The number of rotatable bonds is 1. The van der Waals surface area contributed by atoms with Gasteiger partial charge in [-0.1, -0.05) is 41.9 Å². The first-order valence-electron chi connectivity index (χ1n) is 4.50. The van der Waals surface area contributed by atoms with Crippen LogP contribution in [0.1, 0.15) is 38.5 Å². The molecular weight excluding hydrogens is 235 g/mol. The van der Waals surface area contributed by atoms with E-state index >= 15 is 0 Å². The van der Waals surface area contributed by atoms with Crippen LogP contribution in [0.15, 0.2) is 0 Å². The molecule has 2 aliphatic carbocycles. The molecule has 0 bridgehead atoms. The van der Waals surface area contributed by atoms with Crippen molar-refractivity contribution in [3.05, 3.63) is 0 Å². The van der Waals surface area contributed by atoms with Crippen molar-refractivity contribution in [2.24, 2.45) is 11.8 Å². The second-order valence-electron chi connectivity index (χ2n) is 3.86. The molecule has 10 heavy (non-hydrogen) atoms. The summed E-state index contributed by atoms with van der Waals surface area (Å²) >= 11 is 2.62. The van der Waals surface area contributed by atoms with Crippen molar-refractivity contribution in [1.29, 1.82) is 0 Å². The molecule has 0 aromatic carbocycles. The van der Waals surface area contributed by atoms with Crippen molar-refractivity contribution in [2.45, 2.75) is 42.4 Å². The first-order valence-corrected chi connectivity index (χ1v) is 5.75. The Labute approximate surface area is 76.9 Å². The second kappa shape index (κ2) is 3.00. The fourth-order valence-electron chi connectivity index (χ4n) is 2.30. The van der Waals surface area contributed by atoms with Crippen molar-refractivity contribution in [2.75, 3.05) is 0 Å². The molecular formula is C9H15I. The summed E-state index contributed by atoms with van der Waals surface area (Å²) < 4.78 is 1.02. The van der Waals surface area contributed by atoms with Crippen LogP contribution in [0.3, 0.4) is 0 Å². The van der Waals surface area contributed by atoms with Crippen molar-refractivity contribution in [1.82, 2.24) is 0 Å². The third-order valence-corrected chi connectivity index (χ3v) is 4.36. The second-order valence-corrected chi connectivity index (χ2v) is 5.62. The number of hydrogen-bond acceptors (Lipinski definition) is 0. The Morgan fingerprint density at radius 3 is 2.10 bits per heavy atom. The zero-order chi connectivity index (χ0) is 6.97. The van der Waals surface area contributed by atoms with Gasteiger partial charge in [-0.25, -0.2) is 0 Å². The van der Waals surface area contributed by atoms with Crippen LogP contribution in [0.4, 0.5) is 0 Å². The van der Waals surface area contributed by atoms with Gasteiger partial charge in [-0.05, 0) is 31.1 Å². The maximum atomic E-state index is 2.62. The zero-order valence-corrected chi connectivity index (χ0v) is 8.51. The van der Waals surface area contributed by atoms with Gasteiger partial charge in [0.25, 0.3) is 0 Å². The Kier molecular flexibility index (Phi) is 2.21. The third-order valence-electron chi connectivity index (χ3n) is 3.23. The van der Waals surface area contributed by atoms with Crippen LogP contribution in [0.2, 0.25) is 0 Å². The van der Waals surface area contributed by atoms with Crippen LogP contribution in [0.25, 0.3) is 0 Å². The standard InChI is InChI=1S/C9H15I/c10-9-5-4-8(6-9)7-2-1-3-7/h7-9H,1-6H2/t8-,9?/m1/s1. The summed E-state index contributed by atoms with van der Waals surface area (Å²) in [4.78, 5) is 0. The van der Waals surface area contributed by atoms with E-state index in [1.54, 1.807) is 12.8 Å². The number of alkyl halides is 1. The molecule has 0 heterocycles. The lowest BCUT2D eigenvalue weighted by atomic mass is 9.75. The van der Waals surface area contributed by atoms with E-state index in [9.17, 15) is 0 Å². The highest BCUT2D eigenvalue weighted by molar-refractivity contribution is 14.1. The van der Waals surface area contributed by atoms with E-state index in [0.717, 1.165) is 15.8 Å². The van der Waals surface area contributed by atoms with E-state index in [1.807, 2.05) is 0 Å². The van der Waals surface area contributed by atoms with Gasteiger partial charge < -0.3 is 0 Å². The maximum Gasteiger partial charge on any atom is 0.0112 e. The van der Waals surface area contributed by atoms with Crippen LogP contribution in [0, 0.1) is 11.8 Å². The first-order chi connectivity index (χ1) is 4.86. The fourth-order valence-corrected chi connectivity index (χ4v) is 3.31. The molecule has 0 N–H and O–H groups in total. The van der Waals surface area contributed by atoms with Gasteiger partial charge in [0.05, 0.1) is 0 Å². The molecule has 0 aromatic heterocycles. The highest BCUT2D eigenvalue weighted by Crippen LogP contribution is 2.43. The van der Waals surface area contributed by atoms with Gasteiger partial charge in [0.15, 0.2) is 0 Å². The van der Waals surface area contributed by atoms with Gasteiger partial charge in [0.2, 0.25) is 0 Å². The van der Waals surface area contributed by atoms with Crippen molar-refractivity contribution in [3.63, 3.8) is 0 Å². The van der Waals surface area contributed by atoms with Gasteiger partial charge in [-0.2, -0.15) is 0 Å². The molecule has 2 atom stereocenters. The highest BCUT2D eigenvalue weighted by Gasteiger charge is 2.32. The minimum absolute atomic E-state index is 1.02. The molecule has 0 aromatic rings. The van der Waals surface area contributed by atoms with Gasteiger partial charge in [-0.15, -0.1) is 0 Å². The predicted octanol–water partition coefficient (Wildman–Crippen LogP) is 3.39. The third kappa shape index (κ3) is 1.34. The molecule has 2 aliphatic rings. The van der Waals surface area contributed by atoms with Gasteiger partial charge in [0.1, 0.15) is 0 Å².